The van der Waals surface area contributed by atoms with Gasteiger partial charge >= 0.3 is 5.97 Å². The van der Waals surface area contributed by atoms with E-state index in [1.807, 2.05) is 0 Å². The van der Waals surface area contributed by atoms with Crippen LogP contribution in [0.3, 0.4) is 0 Å². The Morgan fingerprint density at radius 3 is 2.93 bits per heavy atom. The Bertz CT molecular complexity index is 179. The summed E-state index contributed by atoms with van der Waals surface area (Å²) in [5.74, 6) is -0.715. The molecule has 0 saturated carbocycles. The number of carboxylic acid groups (broad SMARTS) is 1. The summed E-state index contributed by atoms with van der Waals surface area (Å²) < 4.78 is 5.59. The van der Waals surface area contributed by atoms with Gasteiger partial charge in [-0.2, -0.15) is 0 Å². The van der Waals surface area contributed by atoms with Gasteiger partial charge in [-0.25, -0.2) is 0 Å². The molecule has 1 atom stereocenters. The SMILES string of the molecule is O=C(O)CCCNCCC1CCCCO1. The molecule has 1 saturated heterocycles. The topological polar surface area (TPSA) is 58.6 Å². The molecule has 1 heterocycles. The Morgan fingerprint density at radius 1 is 1.40 bits per heavy atom. The standard InChI is InChI=1S/C11H21NO3/c13-11(14)5-3-7-12-8-6-10-4-1-2-9-15-10/h10,12H,1-9H2,(H,13,14). The van der Waals surface area contributed by atoms with Crippen molar-refractivity contribution in [1.29, 1.82) is 0 Å². The molecular weight excluding hydrogens is 194 g/mol. The van der Waals surface area contributed by atoms with Gasteiger partial charge in [-0.3, -0.25) is 4.79 Å². The van der Waals surface area contributed by atoms with Crippen LogP contribution in [0.25, 0.3) is 0 Å². The van der Waals surface area contributed by atoms with Crippen molar-refractivity contribution in [1.82, 2.24) is 5.32 Å². The molecule has 0 aromatic carbocycles. The van der Waals surface area contributed by atoms with Crippen molar-refractivity contribution in [3.8, 4) is 0 Å². The van der Waals surface area contributed by atoms with Crippen LogP contribution in [0, 0.1) is 0 Å². The summed E-state index contributed by atoms with van der Waals surface area (Å²) in [5.41, 5.74) is 0. The lowest BCUT2D eigenvalue weighted by Gasteiger charge is -2.22. The van der Waals surface area contributed by atoms with Gasteiger partial charge in [0.15, 0.2) is 0 Å². The van der Waals surface area contributed by atoms with Crippen LogP contribution in [0.4, 0.5) is 0 Å². The van der Waals surface area contributed by atoms with Crippen molar-refractivity contribution >= 4 is 5.97 Å². The molecule has 0 aromatic rings. The summed E-state index contributed by atoms with van der Waals surface area (Å²) in [4.78, 5) is 10.2. The van der Waals surface area contributed by atoms with Crippen molar-refractivity contribution in [2.45, 2.75) is 44.6 Å². The number of hydrogen-bond donors (Lipinski definition) is 2. The second kappa shape index (κ2) is 7.65. The molecule has 0 aliphatic carbocycles. The molecule has 1 unspecified atom stereocenters. The van der Waals surface area contributed by atoms with Gasteiger partial charge in [0.05, 0.1) is 6.10 Å². The first-order valence-corrected chi connectivity index (χ1v) is 5.83. The minimum atomic E-state index is -0.715. The molecule has 1 rings (SSSR count). The first-order valence-electron chi connectivity index (χ1n) is 5.83. The fraction of sp³-hybridized carbons (Fsp3) is 0.909. The Hall–Kier alpha value is -0.610. The fourth-order valence-electron chi connectivity index (χ4n) is 1.79. The van der Waals surface area contributed by atoms with E-state index in [2.05, 4.69) is 5.32 Å². The second-order valence-corrected chi connectivity index (χ2v) is 4.02. The monoisotopic (exact) mass is 215 g/mol. The fourth-order valence-corrected chi connectivity index (χ4v) is 1.79. The van der Waals surface area contributed by atoms with E-state index < -0.39 is 5.97 Å². The summed E-state index contributed by atoms with van der Waals surface area (Å²) in [7, 11) is 0. The van der Waals surface area contributed by atoms with Gasteiger partial charge in [0.1, 0.15) is 0 Å². The summed E-state index contributed by atoms with van der Waals surface area (Å²) in [6, 6.07) is 0. The van der Waals surface area contributed by atoms with Crippen LogP contribution in [-0.4, -0.2) is 36.9 Å². The quantitative estimate of drug-likeness (QED) is 0.630. The minimum absolute atomic E-state index is 0.257. The molecule has 0 radical (unpaired) electrons. The van der Waals surface area contributed by atoms with Gasteiger partial charge in [0.25, 0.3) is 0 Å². The van der Waals surface area contributed by atoms with Gasteiger partial charge in [0, 0.05) is 13.0 Å². The largest absolute Gasteiger partial charge is 0.481 e. The van der Waals surface area contributed by atoms with Crippen molar-refractivity contribution in [2.24, 2.45) is 0 Å². The molecule has 4 nitrogen and oxygen atoms in total. The zero-order valence-electron chi connectivity index (χ0n) is 9.21. The summed E-state index contributed by atoms with van der Waals surface area (Å²) >= 11 is 0. The molecule has 0 amide bonds. The average molecular weight is 215 g/mol. The summed E-state index contributed by atoms with van der Waals surface area (Å²) in [6.45, 7) is 2.63. The number of nitrogens with one attached hydrogen (secondary N) is 1. The van der Waals surface area contributed by atoms with Gasteiger partial charge in [-0.1, -0.05) is 0 Å². The molecule has 0 bridgehead atoms. The Morgan fingerprint density at radius 2 is 2.27 bits per heavy atom. The second-order valence-electron chi connectivity index (χ2n) is 4.02. The van der Waals surface area contributed by atoms with Gasteiger partial charge < -0.3 is 15.2 Å². The maximum atomic E-state index is 10.2. The maximum absolute atomic E-state index is 10.2. The van der Waals surface area contributed by atoms with Crippen molar-refractivity contribution in [2.75, 3.05) is 19.7 Å². The normalized spacial score (nSPS) is 21.5. The highest BCUT2D eigenvalue weighted by Gasteiger charge is 2.12. The highest BCUT2D eigenvalue weighted by Crippen LogP contribution is 2.14. The molecular formula is C11H21NO3. The molecule has 0 spiro atoms. The Kier molecular flexibility index (Phi) is 6.36. The first-order chi connectivity index (χ1) is 7.29. The van der Waals surface area contributed by atoms with E-state index in [1.54, 1.807) is 0 Å². The third-order valence-electron chi connectivity index (χ3n) is 2.66. The molecule has 15 heavy (non-hydrogen) atoms. The zero-order valence-corrected chi connectivity index (χ0v) is 9.21. The molecule has 1 fully saturated rings. The number of ether oxygens (including phenoxy) is 1. The minimum Gasteiger partial charge on any atom is -0.481 e. The highest BCUT2D eigenvalue weighted by atomic mass is 16.5. The molecule has 4 heteroatoms. The zero-order chi connectivity index (χ0) is 10.9. The summed E-state index contributed by atoms with van der Waals surface area (Å²) in [5, 5.41) is 11.7. The van der Waals surface area contributed by atoms with E-state index in [0.29, 0.717) is 12.5 Å². The lowest BCUT2D eigenvalue weighted by molar-refractivity contribution is -0.137. The van der Waals surface area contributed by atoms with Crippen molar-refractivity contribution < 1.29 is 14.6 Å². The van der Waals surface area contributed by atoms with Crippen LogP contribution < -0.4 is 5.32 Å². The molecule has 0 aromatic heterocycles. The lowest BCUT2D eigenvalue weighted by Crippen LogP contribution is -2.26. The lowest BCUT2D eigenvalue weighted by atomic mass is 10.1. The van der Waals surface area contributed by atoms with Crippen LogP contribution >= 0.6 is 0 Å². The van der Waals surface area contributed by atoms with Crippen LogP contribution in [0.15, 0.2) is 0 Å². The average Bonchev–Trinajstić information content (AvgIpc) is 2.24. The van der Waals surface area contributed by atoms with Gasteiger partial charge in [-0.15, -0.1) is 0 Å². The maximum Gasteiger partial charge on any atom is 0.303 e. The highest BCUT2D eigenvalue weighted by molar-refractivity contribution is 5.66. The number of carboxylic acids is 1. The predicted octanol–water partition coefficient (Wildman–Crippen LogP) is 1.40. The number of carbonyl (C=O) groups is 1. The van der Waals surface area contributed by atoms with Crippen molar-refractivity contribution in [3.63, 3.8) is 0 Å². The third kappa shape index (κ3) is 6.47. The van der Waals surface area contributed by atoms with E-state index in [4.69, 9.17) is 9.84 Å². The number of aliphatic carboxylic acids is 1. The number of rotatable bonds is 7. The van der Waals surface area contributed by atoms with E-state index >= 15 is 0 Å². The van der Waals surface area contributed by atoms with Crippen LogP contribution in [0.2, 0.25) is 0 Å². The van der Waals surface area contributed by atoms with E-state index in [9.17, 15) is 4.79 Å². The first kappa shape index (κ1) is 12.5. The molecule has 88 valence electrons. The molecule has 1 aliphatic heterocycles. The van der Waals surface area contributed by atoms with E-state index in [-0.39, 0.29) is 6.42 Å². The van der Waals surface area contributed by atoms with Crippen molar-refractivity contribution in [3.05, 3.63) is 0 Å². The smallest absolute Gasteiger partial charge is 0.303 e. The van der Waals surface area contributed by atoms with Crippen LogP contribution in [0.1, 0.15) is 38.5 Å². The van der Waals surface area contributed by atoms with Crippen LogP contribution in [-0.2, 0) is 9.53 Å². The third-order valence-corrected chi connectivity index (χ3v) is 2.66. The Balaban J connectivity index is 1.85. The molecule has 2 N–H and O–H groups in total. The predicted molar refractivity (Wildman–Crippen MR) is 57.9 cm³/mol. The number of hydrogen-bond acceptors (Lipinski definition) is 3. The van der Waals surface area contributed by atoms with Crippen LogP contribution in [0.5, 0.6) is 0 Å². The van der Waals surface area contributed by atoms with E-state index in [1.165, 1.54) is 19.3 Å². The van der Waals surface area contributed by atoms with Gasteiger partial charge in [-0.05, 0) is 45.2 Å². The molecule has 1 aliphatic rings. The Labute approximate surface area is 91.0 Å². The summed E-state index contributed by atoms with van der Waals surface area (Å²) in [6.07, 6.45) is 6.09. The van der Waals surface area contributed by atoms with E-state index in [0.717, 1.165) is 26.1 Å². The van der Waals surface area contributed by atoms with Gasteiger partial charge in [0.2, 0.25) is 0 Å².